The van der Waals surface area contributed by atoms with Crippen LogP contribution >= 0.6 is 0 Å². The SMILES string of the molecule is COc1cc(OC(=O)C(C)(CC(C)(C)C)C(C)(C)C)ccc1/C=C\C=O. The van der Waals surface area contributed by atoms with Crippen LogP contribution in [0.4, 0.5) is 0 Å². The molecule has 4 nitrogen and oxygen atoms in total. The lowest BCUT2D eigenvalue weighted by molar-refractivity contribution is -0.154. The molecule has 1 rings (SSSR count). The van der Waals surface area contributed by atoms with Crippen molar-refractivity contribution >= 4 is 18.3 Å². The van der Waals surface area contributed by atoms with Crippen molar-refractivity contribution in [3.8, 4) is 11.5 Å². The third kappa shape index (κ3) is 5.45. The van der Waals surface area contributed by atoms with Crippen LogP contribution in [0, 0.1) is 16.2 Å². The Labute approximate surface area is 157 Å². The fourth-order valence-corrected chi connectivity index (χ4v) is 2.96. The van der Waals surface area contributed by atoms with Crippen molar-refractivity contribution in [1.29, 1.82) is 0 Å². The molecule has 0 saturated carbocycles. The lowest BCUT2D eigenvalue weighted by Gasteiger charge is -2.43. The van der Waals surface area contributed by atoms with Crippen LogP contribution in [-0.4, -0.2) is 19.4 Å². The number of esters is 1. The van der Waals surface area contributed by atoms with Gasteiger partial charge in [-0.1, -0.05) is 41.5 Å². The molecule has 1 aromatic rings. The molecule has 0 amide bonds. The van der Waals surface area contributed by atoms with Gasteiger partial charge in [0.05, 0.1) is 12.5 Å². The lowest BCUT2D eigenvalue weighted by atomic mass is 9.61. The molecule has 0 N–H and O–H groups in total. The van der Waals surface area contributed by atoms with E-state index in [0.717, 1.165) is 5.56 Å². The van der Waals surface area contributed by atoms with Gasteiger partial charge in [0.1, 0.15) is 17.8 Å². The summed E-state index contributed by atoms with van der Waals surface area (Å²) in [5.41, 5.74) is -0.169. The zero-order valence-electron chi connectivity index (χ0n) is 17.3. The van der Waals surface area contributed by atoms with Gasteiger partial charge in [-0.05, 0) is 48.5 Å². The molecule has 0 bridgehead atoms. The summed E-state index contributed by atoms with van der Waals surface area (Å²) in [6, 6.07) is 5.15. The van der Waals surface area contributed by atoms with Gasteiger partial charge in [0.2, 0.25) is 0 Å². The maximum absolute atomic E-state index is 13.1. The summed E-state index contributed by atoms with van der Waals surface area (Å²) in [6.07, 6.45) is 4.45. The molecule has 0 aliphatic heterocycles. The summed E-state index contributed by atoms with van der Waals surface area (Å²) in [4.78, 5) is 23.6. The number of rotatable bonds is 6. The number of aldehydes is 1. The maximum atomic E-state index is 13.1. The Morgan fingerprint density at radius 1 is 1.08 bits per heavy atom. The van der Waals surface area contributed by atoms with E-state index in [-0.39, 0.29) is 16.8 Å². The highest BCUT2D eigenvalue weighted by atomic mass is 16.5. The van der Waals surface area contributed by atoms with E-state index in [1.165, 1.54) is 13.2 Å². The Balaban J connectivity index is 3.17. The summed E-state index contributed by atoms with van der Waals surface area (Å²) in [5, 5.41) is 0. The maximum Gasteiger partial charge on any atom is 0.317 e. The normalized spacial score (nSPS) is 14.8. The topological polar surface area (TPSA) is 52.6 Å². The van der Waals surface area contributed by atoms with Crippen molar-refractivity contribution in [3.05, 3.63) is 29.8 Å². The molecule has 0 aromatic heterocycles. The van der Waals surface area contributed by atoms with Crippen molar-refractivity contribution in [3.63, 3.8) is 0 Å². The largest absolute Gasteiger partial charge is 0.496 e. The fourth-order valence-electron chi connectivity index (χ4n) is 2.96. The zero-order valence-corrected chi connectivity index (χ0v) is 17.3. The Morgan fingerprint density at radius 2 is 1.69 bits per heavy atom. The van der Waals surface area contributed by atoms with E-state index >= 15 is 0 Å². The Bertz CT molecular complexity index is 674. The first-order chi connectivity index (χ1) is 11.8. The molecule has 0 aliphatic rings. The number of hydrogen-bond donors (Lipinski definition) is 0. The number of carbonyl (C=O) groups excluding carboxylic acids is 2. The Hall–Kier alpha value is -2.10. The van der Waals surface area contributed by atoms with Crippen LogP contribution in [0.25, 0.3) is 6.08 Å². The van der Waals surface area contributed by atoms with Crippen molar-refractivity contribution in [1.82, 2.24) is 0 Å². The molecule has 0 heterocycles. The smallest absolute Gasteiger partial charge is 0.317 e. The molecule has 1 unspecified atom stereocenters. The fraction of sp³-hybridized carbons (Fsp3) is 0.545. The molecule has 0 aliphatic carbocycles. The second kappa shape index (κ2) is 8.07. The third-order valence-corrected chi connectivity index (χ3v) is 4.76. The molecule has 0 radical (unpaired) electrons. The lowest BCUT2D eigenvalue weighted by Crippen LogP contribution is -2.45. The van der Waals surface area contributed by atoms with E-state index in [4.69, 9.17) is 9.47 Å². The van der Waals surface area contributed by atoms with Gasteiger partial charge in [0, 0.05) is 11.6 Å². The van der Waals surface area contributed by atoms with Gasteiger partial charge >= 0.3 is 5.97 Å². The predicted molar refractivity (Wildman–Crippen MR) is 105 cm³/mol. The molecule has 144 valence electrons. The van der Waals surface area contributed by atoms with Crippen LogP contribution < -0.4 is 9.47 Å². The molecule has 0 saturated heterocycles. The van der Waals surface area contributed by atoms with Crippen molar-refractivity contribution in [2.24, 2.45) is 16.2 Å². The molecule has 4 heteroatoms. The molecule has 26 heavy (non-hydrogen) atoms. The van der Waals surface area contributed by atoms with Gasteiger partial charge in [-0.15, -0.1) is 0 Å². The van der Waals surface area contributed by atoms with Crippen LogP contribution in [0.1, 0.15) is 60.5 Å². The minimum atomic E-state index is -0.644. The van der Waals surface area contributed by atoms with Crippen LogP contribution in [0.5, 0.6) is 11.5 Å². The molecule has 1 aromatic carbocycles. The second-order valence-electron chi connectivity index (χ2n) is 9.11. The van der Waals surface area contributed by atoms with Crippen LogP contribution in [0.3, 0.4) is 0 Å². The van der Waals surface area contributed by atoms with Gasteiger partial charge in [-0.2, -0.15) is 0 Å². The summed E-state index contributed by atoms with van der Waals surface area (Å²) < 4.78 is 11.1. The molecule has 0 fully saturated rings. The van der Waals surface area contributed by atoms with E-state index < -0.39 is 5.41 Å². The first kappa shape index (κ1) is 21.9. The minimum Gasteiger partial charge on any atom is -0.496 e. The number of carbonyl (C=O) groups is 2. The summed E-state index contributed by atoms with van der Waals surface area (Å²) >= 11 is 0. The standard InChI is InChI=1S/C22H32O4/c1-20(2,3)15-22(7,21(4,5)6)19(24)26-17-12-11-16(10-9-13-23)18(14-17)25-8/h9-14H,15H2,1-8H3/b10-9-. The Kier molecular flexibility index (Phi) is 6.81. The van der Waals surface area contributed by atoms with Crippen LogP contribution in [0.15, 0.2) is 24.3 Å². The summed E-state index contributed by atoms with van der Waals surface area (Å²) in [6.45, 7) is 14.5. The summed E-state index contributed by atoms with van der Waals surface area (Å²) in [5.74, 6) is 0.722. The average molecular weight is 360 g/mol. The van der Waals surface area contributed by atoms with Crippen molar-refractivity contribution < 1.29 is 19.1 Å². The summed E-state index contributed by atoms with van der Waals surface area (Å²) in [7, 11) is 1.54. The van der Waals surface area contributed by atoms with Crippen molar-refractivity contribution in [2.75, 3.05) is 7.11 Å². The Morgan fingerprint density at radius 3 is 2.15 bits per heavy atom. The van der Waals surface area contributed by atoms with E-state index in [9.17, 15) is 9.59 Å². The highest BCUT2D eigenvalue weighted by Crippen LogP contribution is 2.47. The number of methoxy groups -OCH3 is 1. The van der Waals surface area contributed by atoms with Crippen LogP contribution in [-0.2, 0) is 9.59 Å². The predicted octanol–water partition coefficient (Wildman–Crippen LogP) is 5.30. The van der Waals surface area contributed by atoms with Gasteiger partial charge < -0.3 is 9.47 Å². The molecule has 1 atom stereocenters. The molecular weight excluding hydrogens is 328 g/mol. The minimum absolute atomic E-state index is 0.0117. The van der Waals surface area contributed by atoms with E-state index in [0.29, 0.717) is 24.2 Å². The highest BCUT2D eigenvalue weighted by Gasteiger charge is 2.48. The van der Waals surface area contributed by atoms with Gasteiger partial charge in [-0.3, -0.25) is 9.59 Å². The second-order valence-corrected chi connectivity index (χ2v) is 9.11. The van der Waals surface area contributed by atoms with E-state index in [1.807, 2.05) is 6.92 Å². The first-order valence-electron chi connectivity index (χ1n) is 8.86. The zero-order chi connectivity index (χ0) is 20.2. The quantitative estimate of drug-likeness (QED) is 0.299. The molecular formula is C22H32O4. The monoisotopic (exact) mass is 360 g/mol. The van der Waals surface area contributed by atoms with Gasteiger partial charge in [-0.25, -0.2) is 0 Å². The van der Waals surface area contributed by atoms with Gasteiger partial charge in [0.25, 0.3) is 0 Å². The first-order valence-corrected chi connectivity index (χ1v) is 8.86. The molecule has 0 spiro atoms. The number of hydrogen-bond acceptors (Lipinski definition) is 4. The number of allylic oxidation sites excluding steroid dienone is 1. The third-order valence-electron chi connectivity index (χ3n) is 4.76. The number of benzene rings is 1. The van der Waals surface area contributed by atoms with Crippen LogP contribution in [0.2, 0.25) is 0 Å². The van der Waals surface area contributed by atoms with E-state index in [1.54, 1.807) is 24.3 Å². The number of ether oxygens (including phenoxy) is 2. The average Bonchev–Trinajstić information content (AvgIpc) is 2.50. The van der Waals surface area contributed by atoms with E-state index in [2.05, 4.69) is 41.5 Å². The van der Waals surface area contributed by atoms with Gasteiger partial charge in [0.15, 0.2) is 0 Å². The highest BCUT2D eigenvalue weighted by molar-refractivity contribution is 5.80. The van der Waals surface area contributed by atoms with Crippen molar-refractivity contribution in [2.45, 2.75) is 54.9 Å².